The predicted molar refractivity (Wildman–Crippen MR) is 88.1 cm³/mol. The van der Waals surface area contributed by atoms with E-state index in [4.69, 9.17) is 0 Å². The molecule has 2 atom stereocenters. The van der Waals surface area contributed by atoms with Crippen molar-refractivity contribution < 1.29 is 22.8 Å². The van der Waals surface area contributed by atoms with Gasteiger partial charge in [0.2, 0.25) is 11.8 Å². The summed E-state index contributed by atoms with van der Waals surface area (Å²) in [6, 6.07) is 5.91. The molecule has 2 unspecified atom stereocenters. The Kier molecular flexibility index (Phi) is 5.72. The summed E-state index contributed by atoms with van der Waals surface area (Å²) in [4.78, 5) is 27.0. The highest BCUT2D eigenvalue weighted by molar-refractivity contribution is 5.95. The fraction of sp³-hybridized carbons (Fsp3) is 0.529. The second kappa shape index (κ2) is 7.43. The van der Waals surface area contributed by atoms with E-state index in [1.807, 2.05) is 19.1 Å². The van der Waals surface area contributed by atoms with E-state index >= 15 is 0 Å². The molecule has 5 nitrogen and oxygen atoms in total. The van der Waals surface area contributed by atoms with Gasteiger partial charge in [-0.1, -0.05) is 18.2 Å². The number of benzene rings is 1. The summed E-state index contributed by atoms with van der Waals surface area (Å²) in [6.45, 7) is 2.28. The molecule has 1 aromatic carbocycles. The standard InChI is InChI=1S/C17H22F3N3O2/c1-11-6-4-5-7-13(11)21-15(24)12(2)22(3)14-8-9-23(16(14)25)10-17(18,19)20/h4-7,12,14H,8-10H2,1-3H3,(H,21,24). The molecular formula is C17H22F3N3O2. The normalized spacial score (nSPS) is 19.4. The molecule has 1 N–H and O–H groups in total. The number of hydrogen-bond acceptors (Lipinski definition) is 3. The van der Waals surface area contributed by atoms with E-state index in [2.05, 4.69) is 5.32 Å². The lowest BCUT2D eigenvalue weighted by atomic mass is 10.1. The zero-order chi connectivity index (χ0) is 18.8. The fourth-order valence-electron chi connectivity index (χ4n) is 2.88. The Balaban J connectivity index is 2.00. The number of hydrogen-bond donors (Lipinski definition) is 1. The van der Waals surface area contributed by atoms with Gasteiger partial charge in [0.25, 0.3) is 0 Å². The summed E-state index contributed by atoms with van der Waals surface area (Å²) in [7, 11) is 1.59. The minimum absolute atomic E-state index is 0.0412. The Labute approximate surface area is 144 Å². The molecule has 0 bridgehead atoms. The first-order valence-corrected chi connectivity index (χ1v) is 8.04. The number of nitrogens with one attached hydrogen (secondary N) is 1. The second-order valence-electron chi connectivity index (χ2n) is 6.33. The molecule has 25 heavy (non-hydrogen) atoms. The Morgan fingerprint density at radius 2 is 2.04 bits per heavy atom. The predicted octanol–water partition coefficient (Wildman–Crippen LogP) is 2.42. The Morgan fingerprint density at radius 1 is 1.40 bits per heavy atom. The number of alkyl halides is 3. The van der Waals surface area contributed by atoms with Crippen LogP contribution in [0.25, 0.3) is 0 Å². The van der Waals surface area contributed by atoms with Crippen LogP contribution < -0.4 is 5.32 Å². The van der Waals surface area contributed by atoms with Crippen LogP contribution in [-0.2, 0) is 9.59 Å². The lowest BCUT2D eigenvalue weighted by Gasteiger charge is -2.29. The maximum atomic E-state index is 12.5. The molecule has 2 amide bonds. The minimum Gasteiger partial charge on any atom is -0.332 e. The number of nitrogens with zero attached hydrogens (tertiary/aromatic N) is 2. The molecule has 1 saturated heterocycles. The number of carbonyl (C=O) groups is 2. The van der Waals surface area contributed by atoms with Crippen molar-refractivity contribution in [2.75, 3.05) is 25.5 Å². The van der Waals surface area contributed by atoms with Gasteiger partial charge in [-0.25, -0.2) is 0 Å². The van der Waals surface area contributed by atoms with E-state index in [1.165, 1.54) is 4.90 Å². The largest absolute Gasteiger partial charge is 0.406 e. The Hall–Kier alpha value is -2.09. The third-order valence-electron chi connectivity index (χ3n) is 4.52. The van der Waals surface area contributed by atoms with Crippen LogP contribution in [0.2, 0.25) is 0 Å². The van der Waals surface area contributed by atoms with E-state index in [0.29, 0.717) is 5.69 Å². The number of amides is 2. The van der Waals surface area contributed by atoms with Gasteiger partial charge in [-0.2, -0.15) is 13.2 Å². The van der Waals surface area contributed by atoms with Gasteiger partial charge in [0.15, 0.2) is 0 Å². The molecule has 0 aliphatic carbocycles. The molecule has 0 spiro atoms. The molecule has 1 aliphatic rings. The van der Waals surface area contributed by atoms with Crippen molar-refractivity contribution in [2.24, 2.45) is 0 Å². The summed E-state index contributed by atoms with van der Waals surface area (Å²) >= 11 is 0. The number of aryl methyl sites for hydroxylation is 1. The van der Waals surface area contributed by atoms with Crippen LogP contribution in [0.3, 0.4) is 0 Å². The van der Waals surface area contributed by atoms with Crippen LogP contribution in [0.15, 0.2) is 24.3 Å². The number of para-hydroxylation sites is 1. The summed E-state index contributed by atoms with van der Waals surface area (Å²) in [5.74, 6) is -0.894. The van der Waals surface area contributed by atoms with Gasteiger partial charge in [0, 0.05) is 12.2 Å². The van der Waals surface area contributed by atoms with Crippen molar-refractivity contribution in [2.45, 2.75) is 38.5 Å². The molecule has 1 aromatic rings. The van der Waals surface area contributed by atoms with Crippen LogP contribution in [-0.4, -0.2) is 60.0 Å². The van der Waals surface area contributed by atoms with E-state index in [0.717, 1.165) is 10.5 Å². The van der Waals surface area contributed by atoms with Gasteiger partial charge in [-0.3, -0.25) is 14.5 Å². The second-order valence-corrected chi connectivity index (χ2v) is 6.33. The Bertz CT molecular complexity index is 648. The zero-order valence-corrected chi connectivity index (χ0v) is 14.4. The average molecular weight is 357 g/mol. The highest BCUT2D eigenvalue weighted by Gasteiger charge is 2.42. The van der Waals surface area contributed by atoms with Gasteiger partial charge >= 0.3 is 6.18 Å². The van der Waals surface area contributed by atoms with Crippen molar-refractivity contribution in [3.05, 3.63) is 29.8 Å². The maximum absolute atomic E-state index is 12.5. The molecule has 0 aromatic heterocycles. The number of anilines is 1. The molecule has 1 fully saturated rings. The van der Waals surface area contributed by atoms with Gasteiger partial charge in [0.1, 0.15) is 6.54 Å². The third-order valence-corrected chi connectivity index (χ3v) is 4.52. The minimum atomic E-state index is -4.42. The van der Waals surface area contributed by atoms with Crippen LogP contribution in [0, 0.1) is 6.92 Å². The quantitative estimate of drug-likeness (QED) is 0.881. The maximum Gasteiger partial charge on any atom is 0.406 e. The Morgan fingerprint density at radius 3 is 2.64 bits per heavy atom. The molecular weight excluding hydrogens is 335 g/mol. The first-order chi connectivity index (χ1) is 11.6. The topological polar surface area (TPSA) is 52.7 Å². The lowest BCUT2D eigenvalue weighted by molar-refractivity contribution is -0.159. The van der Waals surface area contributed by atoms with Crippen molar-refractivity contribution in [3.8, 4) is 0 Å². The number of carbonyl (C=O) groups excluding carboxylic acids is 2. The van der Waals surface area contributed by atoms with Crippen molar-refractivity contribution in [1.82, 2.24) is 9.80 Å². The van der Waals surface area contributed by atoms with Crippen molar-refractivity contribution >= 4 is 17.5 Å². The van der Waals surface area contributed by atoms with Gasteiger partial charge in [0.05, 0.1) is 12.1 Å². The highest BCUT2D eigenvalue weighted by atomic mass is 19.4. The SMILES string of the molecule is Cc1ccccc1NC(=O)C(C)N(C)C1CCN(CC(F)(F)F)C1=O. The highest BCUT2D eigenvalue weighted by Crippen LogP contribution is 2.24. The first-order valence-electron chi connectivity index (χ1n) is 8.04. The zero-order valence-electron chi connectivity index (χ0n) is 14.4. The molecule has 0 saturated carbocycles. The third kappa shape index (κ3) is 4.72. The van der Waals surface area contributed by atoms with E-state index in [-0.39, 0.29) is 18.9 Å². The van der Waals surface area contributed by atoms with Gasteiger partial charge < -0.3 is 10.2 Å². The summed E-state index contributed by atoms with van der Waals surface area (Å²) in [5.41, 5.74) is 1.57. The monoisotopic (exact) mass is 357 g/mol. The van der Waals surface area contributed by atoms with Crippen LogP contribution in [0.1, 0.15) is 18.9 Å². The number of likely N-dealkylation sites (N-methyl/N-ethyl adjacent to an activating group) is 1. The molecule has 1 heterocycles. The van der Waals surface area contributed by atoms with E-state index in [9.17, 15) is 22.8 Å². The summed E-state index contributed by atoms with van der Waals surface area (Å²) < 4.78 is 37.5. The number of rotatable bonds is 5. The average Bonchev–Trinajstić information content (AvgIpc) is 2.87. The van der Waals surface area contributed by atoms with E-state index in [1.54, 1.807) is 26.1 Å². The van der Waals surface area contributed by atoms with Crippen LogP contribution in [0.5, 0.6) is 0 Å². The smallest absolute Gasteiger partial charge is 0.332 e. The van der Waals surface area contributed by atoms with Crippen LogP contribution in [0.4, 0.5) is 18.9 Å². The summed E-state index contributed by atoms with van der Waals surface area (Å²) in [5, 5.41) is 2.79. The lowest BCUT2D eigenvalue weighted by Crippen LogP contribution is -2.49. The first kappa shape index (κ1) is 19.2. The fourth-order valence-corrected chi connectivity index (χ4v) is 2.88. The molecule has 1 aliphatic heterocycles. The molecule has 2 rings (SSSR count). The van der Waals surface area contributed by atoms with Crippen LogP contribution >= 0.6 is 0 Å². The number of likely N-dealkylation sites (tertiary alicyclic amines) is 1. The molecule has 138 valence electrons. The van der Waals surface area contributed by atoms with Gasteiger partial charge in [-0.15, -0.1) is 0 Å². The summed E-state index contributed by atoms with van der Waals surface area (Å²) in [6.07, 6.45) is -4.15. The van der Waals surface area contributed by atoms with Gasteiger partial charge in [-0.05, 0) is 38.9 Å². The molecule has 8 heteroatoms. The molecule has 0 radical (unpaired) electrons. The van der Waals surface area contributed by atoms with Crippen molar-refractivity contribution in [1.29, 1.82) is 0 Å². The van der Waals surface area contributed by atoms with E-state index < -0.39 is 30.7 Å². The van der Waals surface area contributed by atoms with Crippen molar-refractivity contribution in [3.63, 3.8) is 0 Å². The number of halogens is 3.